The summed E-state index contributed by atoms with van der Waals surface area (Å²) in [5.41, 5.74) is 0.337. The minimum Gasteiger partial charge on any atom is -0.395 e. The van der Waals surface area contributed by atoms with Gasteiger partial charge in [-0.3, -0.25) is 9.69 Å². The van der Waals surface area contributed by atoms with E-state index in [4.69, 9.17) is 0 Å². The topological polar surface area (TPSA) is 116 Å². The third kappa shape index (κ3) is 5.01. The summed E-state index contributed by atoms with van der Waals surface area (Å²) in [5.74, 6) is 0.550. The molecule has 1 atom stereocenters. The lowest BCUT2D eigenvalue weighted by molar-refractivity contribution is 0.0881. The second-order valence-corrected chi connectivity index (χ2v) is 9.09. The van der Waals surface area contributed by atoms with E-state index in [0.29, 0.717) is 43.4 Å². The molecule has 1 aromatic heterocycles. The molecular weight excluding hydrogens is 406 g/mol. The van der Waals surface area contributed by atoms with Crippen molar-refractivity contribution >= 4 is 21.7 Å². The van der Waals surface area contributed by atoms with Gasteiger partial charge in [-0.15, -0.1) is 0 Å². The van der Waals surface area contributed by atoms with Gasteiger partial charge in [0.15, 0.2) is 0 Å². The van der Waals surface area contributed by atoms with Gasteiger partial charge in [0.05, 0.1) is 11.5 Å². The Kier molecular flexibility index (Phi) is 7.14. The van der Waals surface area contributed by atoms with Crippen molar-refractivity contribution in [2.45, 2.75) is 31.2 Å². The predicted octanol–water partition coefficient (Wildman–Crippen LogP) is 1.11. The van der Waals surface area contributed by atoms with Crippen LogP contribution in [-0.2, 0) is 10.0 Å². The number of hydrogen-bond donors (Lipinski definition) is 2. The third-order valence-corrected chi connectivity index (χ3v) is 7.16. The number of aliphatic hydroxyl groups is 1. The number of sulfonamides is 1. The summed E-state index contributed by atoms with van der Waals surface area (Å²) >= 11 is 0. The number of benzene rings is 1. The number of rotatable bonds is 7. The number of nitrogens with one attached hydrogen (secondary N) is 1. The average Bonchev–Trinajstić information content (AvgIpc) is 2.75. The van der Waals surface area contributed by atoms with Crippen LogP contribution in [0.1, 0.15) is 29.5 Å². The van der Waals surface area contributed by atoms with Crippen LogP contribution in [0.2, 0.25) is 0 Å². The van der Waals surface area contributed by atoms with Gasteiger partial charge in [-0.05, 0) is 43.7 Å². The number of piperazine rings is 1. The Bertz CT molecular complexity index is 969. The number of carbonyl (C=O) groups is 1. The lowest BCUT2D eigenvalue weighted by Gasteiger charge is -2.37. The highest BCUT2D eigenvalue weighted by atomic mass is 32.2. The third-order valence-electron chi connectivity index (χ3n) is 5.24. The summed E-state index contributed by atoms with van der Waals surface area (Å²) < 4.78 is 27.4. The molecule has 2 aromatic rings. The standard InChI is InChI=1S/C20H27N5O4S/c1-3-17(14-26)24-10-12-25(13-11-24)30(28,29)18-6-4-16(5-7-18)20(27)23-19-8-9-21-15(2)22-19/h4-9,17,26H,3,10-14H2,1-2H3,(H,21,22,23,27)/t17-/m0/s1. The van der Waals surface area contributed by atoms with Crippen molar-refractivity contribution in [3.05, 3.63) is 47.9 Å². The Morgan fingerprint density at radius 1 is 1.17 bits per heavy atom. The molecule has 162 valence electrons. The molecule has 3 rings (SSSR count). The number of amides is 1. The zero-order valence-corrected chi connectivity index (χ0v) is 18.0. The molecular formula is C20H27N5O4S. The molecule has 0 radical (unpaired) electrons. The molecule has 0 unspecified atom stereocenters. The highest BCUT2D eigenvalue weighted by Crippen LogP contribution is 2.20. The molecule has 0 aliphatic carbocycles. The molecule has 1 aromatic carbocycles. The highest BCUT2D eigenvalue weighted by Gasteiger charge is 2.30. The Balaban J connectivity index is 1.65. The Morgan fingerprint density at radius 2 is 1.83 bits per heavy atom. The molecule has 10 heteroatoms. The van der Waals surface area contributed by atoms with Crippen LogP contribution in [-0.4, -0.2) is 77.4 Å². The molecule has 2 heterocycles. The van der Waals surface area contributed by atoms with Crippen LogP contribution in [0.4, 0.5) is 5.82 Å². The number of carbonyl (C=O) groups excluding carboxylic acids is 1. The lowest BCUT2D eigenvalue weighted by atomic mass is 10.2. The largest absolute Gasteiger partial charge is 0.395 e. The van der Waals surface area contributed by atoms with Crippen molar-refractivity contribution in [1.82, 2.24) is 19.2 Å². The maximum absolute atomic E-state index is 13.0. The van der Waals surface area contributed by atoms with Crippen molar-refractivity contribution in [1.29, 1.82) is 0 Å². The van der Waals surface area contributed by atoms with Gasteiger partial charge in [-0.2, -0.15) is 4.31 Å². The van der Waals surface area contributed by atoms with Gasteiger partial charge >= 0.3 is 0 Å². The Hall–Kier alpha value is -2.40. The fourth-order valence-electron chi connectivity index (χ4n) is 3.45. The molecule has 1 amide bonds. The molecule has 30 heavy (non-hydrogen) atoms. The molecule has 1 aliphatic heterocycles. The van der Waals surface area contributed by atoms with Gasteiger partial charge in [-0.25, -0.2) is 18.4 Å². The number of aromatic nitrogens is 2. The summed E-state index contributed by atoms with van der Waals surface area (Å²) in [7, 11) is -3.64. The van der Waals surface area contributed by atoms with Crippen molar-refractivity contribution in [2.24, 2.45) is 0 Å². The minimum atomic E-state index is -3.64. The monoisotopic (exact) mass is 433 g/mol. The lowest BCUT2D eigenvalue weighted by Crippen LogP contribution is -2.52. The van der Waals surface area contributed by atoms with Crippen molar-refractivity contribution in [3.63, 3.8) is 0 Å². The number of nitrogens with zero attached hydrogens (tertiary/aromatic N) is 4. The maximum Gasteiger partial charge on any atom is 0.256 e. The molecule has 1 fully saturated rings. The van der Waals surface area contributed by atoms with Crippen LogP contribution in [0.25, 0.3) is 0 Å². The number of aliphatic hydroxyl groups excluding tert-OH is 1. The number of anilines is 1. The summed E-state index contributed by atoms with van der Waals surface area (Å²) in [5, 5.41) is 12.1. The van der Waals surface area contributed by atoms with Crippen LogP contribution in [0.15, 0.2) is 41.4 Å². The van der Waals surface area contributed by atoms with Gasteiger partial charge in [0, 0.05) is 44.0 Å². The van der Waals surface area contributed by atoms with Crippen molar-refractivity contribution in [2.75, 3.05) is 38.1 Å². The molecule has 1 saturated heterocycles. The normalized spacial score (nSPS) is 16.9. The quantitative estimate of drug-likeness (QED) is 0.672. The SMILES string of the molecule is CC[C@@H](CO)N1CCN(S(=O)(=O)c2ccc(C(=O)Nc3ccnc(C)n3)cc2)CC1. The first-order valence-corrected chi connectivity index (χ1v) is 11.3. The highest BCUT2D eigenvalue weighted by molar-refractivity contribution is 7.89. The summed E-state index contributed by atoms with van der Waals surface area (Å²) in [4.78, 5) is 22.8. The smallest absolute Gasteiger partial charge is 0.256 e. The Morgan fingerprint density at radius 3 is 2.40 bits per heavy atom. The van der Waals surface area contributed by atoms with Gasteiger partial charge < -0.3 is 10.4 Å². The molecule has 9 nitrogen and oxygen atoms in total. The van der Waals surface area contributed by atoms with E-state index >= 15 is 0 Å². The van der Waals surface area contributed by atoms with Crippen molar-refractivity contribution < 1.29 is 18.3 Å². The van der Waals surface area contributed by atoms with Crippen LogP contribution in [0.5, 0.6) is 0 Å². The second kappa shape index (κ2) is 9.61. The summed E-state index contributed by atoms with van der Waals surface area (Å²) in [6, 6.07) is 7.53. The molecule has 1 aliphatic rings. The molecule has 2 N–H and O–H groups in total. The van der Waals surface area contributed by atoms with Crippen molar-refractivity contribution in [3.8, 4) is 0 Å². The predicted molar refractivity (Wildman–Crippen MR) is 113 cm³/mol. The maximum atomic E-state index is 13.0. The van der Waals surface area contributed by atoms with E-state index in [-0.39, 0.29) is 23.5 Å². The van der Waals surface area contributed by atoms with E-state index in [1.807, 2.05) is 6.92 Å². The second-order valence-electron chi connectivity index (χ2n) is 7.15. The van der Waals surface area contributed by atoms with Crippen LogP contribution in [0, 0.1) is 6.92 Å². The van der Waals surface area contributed by atoms with E-state index in [1.54, 1.807) is 19.2 Å². The summed E-state index contributed by atoms with van der Waals surface area (Å²) in [6.45, 7) is 5.70. The first kappa shape index (κ1) is 22.3. The van der Waals surface area contributed by atoms with E-state index in [9.17, 15) is 18.3 Å². The van der Waals surface area contributed by atoms with Crippen LogP contribution < -0.4 is 5.32 Å². The molecule has 0 spiro atoms. The van der Waals surface area contributed by atoms with Gasteiger partial charge in [0.25, 0.3) is 5.91 Å². The zero-order chi connectivity index (χ0) is 21.7. The van der Waals surface area contributed by atoms with E-state index in [1.165, 1.54) is 28.6 Å². The minimum absolute atomic E-state index is 0.0614. The van der Waals surface area contributed by atoms with Gasteiger partial charge in [-0.1, -0.05) is 6.92 Å². The van der Waals surface area contributed by atoms with Gasteiger partial charge in [0.1, 0.15) is 11.6 Å². The number of aryl methyl sites for hydroxylation is 1. The van der Waals surface area contributed by atoms with Crippen LogP contribution in [0.3, 0.4) is 0 Å². The zero-order valence-electron chi connectivity index (χ0n) is 17.2. The van der Waals surface area contributed by atoms with E-state index in [0.717, 1.165) is 6.42 Å². The first-order chi connectivity index (χ1) is 14.3. The fraction of sp³-hybridized carbons (Fsp3) is 0.450. The first-order valence-electron chi connectivity index (χ1n) is 9.91. The average molecular weight is 434 g/mol. The van der Waals surface area contributed by atoms with E-state index < -0.39 is 10.0 Å². The number of hydrogen-bond acceptors (Lipinski definition) is 7. The van der Waals surface area contributed by atoms with Gasteiger partial charge in [0.2, 0.25) is 10.0 Å². The fourth-order valence-corrected chi connectivity index (χ4v) is 4.88. The molecule has 0 bridgehead atoms. The van der Waals surface area contributed by atoms with Crippen LogP contribution >= 0.6 is 0 Å². The van der Waals surface area contributed by atoms with E-state index in [2.05, 4.69) is 20.2 Å². The molecule has 0 saturated carbocycles. The Labute approximate surface area is 176 Å². The summed E-state index contributed by atoms with van der Waals surface area (Å²) in [6.07, 6.45) is 2.37.